The molecule has 3 aromatic rings. The number of hydrogen-bond acceptors (Lipinski definition) is 6. The number of amides is 2. The normalized spacial score (nSPS) is 16.7. The number of nitrogens with zero attached hydrogens (tertiary/aromatic N) is 2. The molecule has 1 aliphatic heterocycles. The molecular weight excluding hydrogens is 454 g/mol. The summed E-state index contributed by atoms with van der Waals surface area (Å²) < 4.78 is 5.53. The Morgan fingerprint density at radius 3 is 2.44 bits per heavy atom. The first-order chi connectivity index (χ1) is 16.5. The third kappa shape index (κ3) is 4.26. The summed E-state index contributed by atoms with van der Waals surface area (Å²) in [7, 11) is 0. The molecular formula is C25H23N3O5S. The van der Waals surface area contributed by atoms with Crippen LogP contribution in [-0.2, 0) is 9.53 Å². The summed E-state index contributed by atoms with van der Waals surface area (Å²) in [6.45, 7) is 0.686. The standard InChI is InChI=1S/C25H23N3O5S/c29-22(30)12-15-6-5-11-28(15)23(31)21-14-34-24(26-21)27-25(32)33-13-20-18-9-3-1-7-16(18)17-8-2-4-10-19(17)20/h1-4,7-10,14-15,20H,5-6,11-13H2,(H,29,30)(H,26,27,32)/t15-/m1/s1. The van der Waals surface area contributed by atoms with Crippen molar-refractivity contribution in [2.24, 2.45) is 0 Å². The number of carboxylic acids is 1. The van der Waals surface area contributed by atoms with E-state index in [4.69, 9.17) is 9.84 Å². The number of likely N-dealkylation sites (tertiary alicyclic amines) is 1. The lowest BCUT2D eigenvalue weighted by molar-refractivity contribution is -0.137. The van der Waals surface area contributed by atoms with Gasteiger partial charge in [0, 0.05) is 23.9 Å². The summed E-state index contributed by atoms with van der Waals surface area (Å²) >= 11 is 1.13. The van der Waals surface area contributed by atoms with E-state index in [1.165, 1.54) is 0 Å². The molecule has 8 nitrogen and oxygen atoms in total. The molecule has 2 aliphatic rings. The highest BCUT2D eigenvalue weighted by atomic mass is 32.1. The molecule has 5 rings (SSSR count). The van der Waals surface area contributed by atoms with Crippen molar-refractivity contribution in [2.45, 2.75) is 31.2 Å². The lowest BCUT2D eigenvalue weighted by Crippen LogP contribution is -2.37. The van der Waals surface area contributed by atoms with E-state index in [0.29, 0.717) is 13.0 Å². The molecule has 2 heterocycles. The van der Waals surface area contributed by atoms with E-state index in [9.17, 15) is 14.4 Å². The quantitative estimate of drug-likeness (QED) is 0.538. The van der Waals surface area contributed by atoms with Crippen LogP contribution < -0.4 is 5.32 Å². The Bertz CT molecular complexity index is 1210. The van der Waals surface area contributed by atoms with Crippen LogP contribution in [0.3, 0.4) is 0 Å². The van der Waals surface area contributed by atoms with Gasteiger partial charge in [-0.05, 0) is 35.1 Å². The molecule has 0 radical (unpaired) electrons. The second kappa shape index (κ2) is 9.26. The van der Waals surface area contributed by atoms with Crippen molar-refractivity contribution in [3.05, 3.63) is 70.7 Å². The first-order valence-electron chi connectivity index (χ1n) is 11.1. The summed E-state index contributed by atoms with van der Waals surface area (Å²) in [5.41, 5.74) is 4.74. The molecule has 2 N–H and O–H groups in total. The Balaban J connectivity index is 1.21. The molecule has 34 heavy (non-hydrogen) atoms. The molecule has 2 amide bonds. The second-order valence-corrected chi connectivity index (χ2v) is 9.24. The first kappa shape index (κ1) is 22.1. The van der Waals surface area contributed by atoms with Crippen molar-refractivity contribution < 1.29 is 24.2 Å². The van der Waals surface area contributed by atoms with Crippen LogP contribution in [0, 0.1) is 0 Å². The van der Waals surface area contributed by atoms with Gasteiger partial charge in [0.15, 0.2) is 5.13 Å². The summed E-state index contributed by atoms with van der Waals surface area (Å²) in [5, 5.41) is 13.5. The van der Waals surface area contributed by atoms with Crippen molar-refractivity contribution in [1.82, 2.24) is 9.88 Å². The maximum Gasteiger partial charge on any atom is 0.413 e. The van der Waals surface area contributed by atoms with Gasteiger partial charge in [0.2, 0.25) is 0 Å². The van der Waals surface area contributed by atoms with Crippen LogP contribution in [0.15, 0.2) is 53.9 Å². The molecule has 1 saturated heterocycles. The molecule has 0 spiro atoms. The number of aliphatic carboxylic acids is 1. The fraction of sp³-hybridized carbons (Fsp3) is 0.280. The third-order valence-electron chi connectivity index (χ3n) is 6.32. The number of ether oxygens (including phenoxy) is 1. The number of thiazole rings is 1. The van der Waals surface area contributed by atoms with Crippen LogP contribution >= 0.6 is 11.3 Å². The van der Waals surface area contributed by atoms with E-state index in [0.717, 1.165) is 40.0 Å². The predicted molar refractivity (Wildman–Crippen MR) is 127 cm³/mol. The van der Waals surface area contributed by atoms with Crippen LogP contribution in [0.25, 0.3) is 11.1 Å². The molecule has 1 atom stereocenters. The zero-order valence-electron chi connectivity index (χ0n) is 18.3. The SMILES string of the molecule is O=C(O)C[C@H]1CCCN1C(=O)c1csc(NC(=O)OCC2c3ccccc3-c3ccccc32)n1. The fourth-order valence-corrected chi connectivity index (χ4v) is 5.49. The van der Waals surface area contributed by atoms with Crippen LogP contribution in [0.2, 0.25) is 0 Å². The van der Waals surface area contributed by atoms with Gasteiger partial charge in [0.25, 0.3) is 5.91 Å². The van der Waals surface area contributed by atoms with E-state index < -0.39 is 12.1 Å². The Kier molecular flexibility index (Phi) is 6.02. The van der Waals surface area contributed by atoms with Crippen LogP contribution in [0.4, 0.5) is 9.93 Å². The summed E-state index contributed by atoms with van der Waals surface area (Å²) in [5.74, 6) is -1.30. The largest absolute Gasteiger partial charge is 0.481 e. The number of anilines is 1. The van der Waals surface area contributed by atoms with Gasteiger partial charge >= 0.3 is 12.1 Å². The molecule has 1 aliphatic carbocycles. The number of carbonyl (C=O) groups is 3. The lowest BCUT2D eigenvalue weighted by Gasteiger charge is -2.22. The number of carboxylic acid groups (broad SMARTS) is 1. The van der Waals surface area contributed by atoms with Crippen molar-refractivity contribution in [1.29, 1.82) is 0 Å². The first-order valence-corrected chi connectivity index (χ1v) is 12.0. The summed E-state index contributed by atoms with van der Waals surface area (Å²) in [6.07, 6.45) is 0.701. The number of fused-ring (bicyclic) bond motifs is 3. The summed E-state index contributed by atoms with van der Waals surface area (Å²) in [4.78, 5) is 42.1. The molecule has 0 saturated carbocycles. The number of nitrogens with one attached hydrogen (secondary N) is 1. The highest BCUT2D eigenvalue weighted by Crippen LogP contribution is 2.44. The van der Waals surface area contributed by atoms with Crippen molar-refractivity contribution in [3.63, 3.8) is 0 Å². The average Bonchev–Trinajstić information content (AvgIpc) is 3.55. The minimum Gasteiger partial charge on any atom is -0.481 e. The molecule has 0 bridgehead atoms. The van der Waals surface area contributed by atoms with Gasteiger partial charge < -0.3 is 14.7 Å². The predicted octanol–water partition coefficient (Wildman–Crippen LogP) is 4.58. The fourth-order valence-electron chi connectivity index (χ4n) is 4.82. The van der Waals surface area contributed by atoms with Gasteiger partial charge in [-0.2, -0.15) is 0 Å². The maximum atomic E-state index is 12.8. The van der Waals surface area contributed by atoms with Crippen molar-refractivity contribution >= 4 is 34.4 Å². The van der Waals surface area contributed by atoms with Gasteiger partial charge in [-0.15, -0.1) is 11.3 Å². The van der Waals surface area contributed by atoms with E-state index in [-0.39, 0.29) is 41.7 Å². The summed E-state index contributed by atoms with van der Waals surface area (Å²) in [6, 6.07) is 15.9. The Morgan fingerprint density at radius 2 is 1.76 bits per heavy atom. The molecule has 9 heteroatoms. The van der Waals surface area contributed by atoms with E-state index in [2.05, 4.69) is 34.6 Å². The lowest BCUT2D eigenvalue weighted by atomic mass is 9.98. The zero-order valence-corrected chi connectivity index (χ0v) is 19.1. The van der Waals surface area contributed by atoms with Crippen molar-refractivity contribution in [2.75, 3.05) is 18.5 Å². The second-order valence-electron chi connectivity index (χ2n) is 8.38. The minimum absolute atomic E-state index is 0.0482. The zero-order chi connectivity index (χ0) is 23.7. The van der Waals surface area contributed by atoms with E-state index in [1.54, 1.807) is 10.3 Å². The van der Waals surface area contributed by atoms with Gasteiger partial charge in [-0.1, -0.05) is 48.5 Å². The molecule has 1 aromatic heterocycles. The third-order valence-corrected chi connectivity index (χ3v) is 7.08. The molecule has 1 fully saturated rings. The highest BCUT2D eigenvalue weighted by Gasteiger charge is 2.32. The molecule has 174 valence electrons. The number of rotatable bonds is 6. The van der Waals surface area contributed by atoms with Gasteiger partial charge in [-0.3, -0.25) is 14.9 Å². The van der Waals surface area contributed by atoms with E-state index >= 15 is 0 Å². The number of benzene rings is 2. The van der Waals surface area contributed by atoms with Crippen LogP contribution in [-0.4, -0.2) is 52.2 Å². The van der Waals surface area contributed by atoms with Crippen LogP contribution in [0.5, 0.6) is 0 Å². The minimum atomic E-state index is -0.930. The van der Waals surface area contributed by atoms with Gasteiger partial charge in [0.05, 0.1) is 6.42 Å². The molecule has 0 unspecified atom stereocenters. The Labute approximate surface area is 200 Å². The number of aromatic nitrogens is 1. The topological polar surface area (TPSA) is 109 Å². The number of carbonyl (C=O) groups excluding carboxylic acids is 2. The smallest absolute Gasteiger partial charge is 0.413 e. The van der Waals surface area contributed by atoms with E-state index in [1.807, 2.05) is 24.3 Å². The van der Waals surface area contributed by atoms with Crippen molar-refractivity contribution in [3.8, 4) is 11.1 Å². The maximum absolute atomic E-state index is 12.8. The highest BCUT2D eigenvalue weighted by molar-refractivity contribution is 7.14. The monoisotopic (exact) mass is 477 g/mol. The number of hydrogen-bond donors (Lipinski definition) is 2. The van der Waals surface area contributed by atoms with Crippen LogP contribution in [0.1, 0.15) is 46.8 Å². The Morgan fingerprint density at radius 1 is 1.09 bits per heavy atom. The Hall–Kier alpha value is -3.72. The van der Waals surface area contributed by atoms with Gasteiger partial charge in [0.1, 0.15) is 12.3 Å². The molecule has 2 aromatic carbocycles. The average molecular weight is 478 g/mol. The van der Waals surface area contributed by atoms with Gasteiger partial charge in [-0.25, -0.2) is 9.78 Å².